The Hall–Kier alpha value is -2.07. The van der Waals surface area contributed by atoms with Gasteiger partial charge in [-0.3, -0.25) is 9.59 Å². The number of carbonyl (C=O) groups excluding carboxylic acids is 1. The summed E-state index contributed by atoms with van der Waals surface area (Å²) in [6, 6.07) is 1.74. The minimum atomic E-state index is -0.934. The first kappa shape index (κ1) is 16.9. The number of nitriles is 1. The quantitative estimate of drug-likeness (QED) is 0.273. The fourth-order valence-electron chi connectivity index (χ4n) is 0.999. The average molecular weight is 269 g/mol. The molecule has 0 bridgehead atoms. The van der Waals surface area contributed by atoms with Gasteiger partial charge in [-0.15, -0.1) is 0 Å². The van der Waals surface area contributed by atoms with Gasteiger partial charge in [0, 0.05) is 19.2 Å². The molecule has 1 amide bonds. The van der Waals surface area contributed by atoms with E-state index >= 15 is 0 Å². The first-order valence-electron chi connectivity index (χ1n) is 5.81. The van der Waals surface area contributed by atoms with Crippen molar-refractivity contribution >= 4 is 11.9 Å². The molecule has 7 nitrogen and oxygen atoms in total. The molecule has 7 heteroatoms. The summed E-state index contributed by atoms with van der Waals surface area (Å²) in [6.45, 7) is 3.46. The normalized spacial score (nSPS) is 11.6. The van der Waals surface area contributed by atoms with E-state index in [9.17, 15) is 9.59 Å². The molecule has 0 radical (unpaired) electrons. The van der Waals surface area contributed by atoms with Crippen molar-refractivity contribution in [2.24, 2.45) is 0 Å². The molecule has 0 spiro atoms. The third-order valence-electron chi connectivity index (χ3n) is 2.22. The fourth-order valence-corrected chi connectivity index (χ4v) is 0.999. The number of aliphatic hydroxyl groups is 1. The number of aliphatic hydroxyl groups excluding tert-OH is 1. The molecule has 0 aliphatic heterocycles. The number of hydrogen-bond acceptors (Lipinski definition) is 5. The number of carboxylic acid groups (broad SMARTS) is 1. The van der Waals surface area contributed by atoms with E-state index in [0.29, 0.717) is 6.42 Å². The molecule has 106 valence electrons. The van der Waals surface area contributed by atoms with Crippen LogP contribution in [0.3, 0.4) is 0 Å². The minimum Gasteiger partial charge on any atom is -0.481 e. The molecule has 0 aromatic carbocycles. The maximum Gasteiger partial charge on any atom is 0.303 e. The lowest BCUT2D eigenvalue weighted by Gasteiger charge is -2.22. The molecule has 0 heterocycles. The second-order valence-corrected chi connectivity index (χ2v) is 4.61. The Balaban J connectivity index is 4.30. The molecule has 0 aliphatic rings. The third-order valence-corrected chi connectivity index (χ3v) is 2.22. The van der Waals surface area contributed by atoms with Gasteiger partial charge in [0.25, 0.3) is 5.91 Å². The number of carbonyl (C=O) groups is 2. The van der Waals surface area contributed by atoms with Crippen molar-refractivity contribution in [3.8, 4) is 6.07 Å². The van der Waals surface area contributed by atoms with Crippen molar-refractivity contribution in [2.75, 3.05) is 13.2 Å². The van der Waals surface area contributed by atoms with E-state index in [1.807, 2.05) is 0 Å². The van der Waals surface area contributed by atoms with Gasteiger partial charge in [0.15, 0.2) is 0 Å². The summed E-state index contributed by atoms with van der Waals surface area (Å²) >= 11 is 0. The van der Waals surface area contributed by atoms with Gasteiger partial charge in [-0.1, -0.05) is 0 Å². The molecule has 0 unspecified atom stereocenters. The summed E-state index contributed by atoms with van der Waals surface area (Å²) in [5.41, 5.74) is -0.761. The highest BCUT2D eigenvalue weighted by atomic mass is 16.4. The highest BCUT2D eigenvalue weighted by Crippen LogP contribution is 2.01. The predicted octanol–water partition coefficient (Wildman–Crippen LogP) is -0.265. The zero-order valence-corrected chi connectivity index (χ0v) is 11.1. The largest absolute Gasteiger partial charge is 0.481 e. The Labute approximate surface area is 111 Å². The van der Waals surface area contributed by atoms with Crippen molar-refractivity contribution in [3.63, 3.8) is 0 Å². The lowest BCUT2D eigenvalue weighted by molar-refractivity contribution is -0.137. The lowest BCUT2D eigenvalue weighted by atomic mass is 10.1. The summed E-state index contributed by atoms with van der Waals surface area (Å²) in [5.74, 6) is -1.51. The molecule has 0 saturated heterocycles. The number of nitrogens with one attached hydrogen (secondary N) is 2. The monoisotopic (exact) mass is 269 g/mol. The molecule has 0 fully saturated rings. The molecule has 0 aromatic rings. The van der Waals surface area contributed by atoms with Gasteiger partial charge in [0.05, 0.1) is 12.1 Å². The highest BCUT2D eigenvalue weighted by molar-refractivity contribution is 5.97. The van der Waals surface area contributed by atoms with Crippen LogP contribution in [0.1, 0.15) is 26.7 Å². The molecular formula is C12H19N3O4. The van der Waals surface area contributed by atoms with Crippen molar-refractivity contribution in [3.05, 3.63) is 11.8 Å². The van der Waals surface area contributed by atoms with E-state index in [0.717, 1.165) is 0 Å². The summed E-state index contributed by atoms with van der Waals surface area (Å²) in [6.07, 6.45) is 1.50. The van der Waals surface area contributed by atoms with Gasteiger partial charge in [-0.25, -0.2) is 0 Å². The standard InChI is InChI=1S/C12H19N3O4/c1-12(2,8-16)15-7-9(6-13)11(19)14-5-3-4-10(17)18/h7,15-16H,3-5,8H2,1-2H3,(H,14,19)(H,17,18)/b9-7-. The van der Waals surface area contributed by atoms with E-state index in [1.54, 1.807) is 19.9 Å². The van der Waals surface area contributed by atoms with Crippen molar-refractivity contribution in [1.29, 1.82) is 5.26 Å². The molecule has 0 saturated carbocycles. The Morgan fingerprint density at radius 1 is 1.42 bits per heavy atom. The van der Waals surface area contributed by atoms with Crippen LogP contribution >= 0.6 is 0 Å². The summed E-state index contributed by atoms with van der Waals surface area (Å²) in [7, 11) is 0. The van der Waals surface area contributed by atoms with Crippen LogP contribution in [0.2, 0.25) is 0 Å². The van der Waals surface area contributed by atoms with E-state index < -0.39 is 17.4 Å². The lowest BCUT2D eigenvalue weighted by Crippen LogP contribution is -2.40. The summed E-state index contributed by atoms with van der Waals surface area (Å²) < 4.78 is 0. The van der Waals surface area contributed by atoms with E-state index in [-0.39, 0.29) is 25.1 Å². The van der Waals surface area contributed by atoms with E-state index in [2.05, 4.69) is 10.6 Å². The first-order valence-corrected chi connectivity index (χ1v) is 5.81. The van der Waals surface area contributed by atoms with Gasteiger partial charge in [-0.05, 0) is 20.3 Å². The topological polar surface area (TPSA) is 122 Å². The Morgan fingerprint density at radius 3 is 2.53 bits per heavy atom. The maximum absolute atomic E-state index is 11.6. The minimum absolute atomic E-state index is 0.0400. The van der Waals surface area contributed by atoms with Crippen LogP contribution in [0, 0.1) is 11.3 Å². The average Bonchev–Trinajstić information content (AvgIpc) is 2.35. The molecule has 0 atom stereocenters. The first-order chi connectivity index (χ1) is 8.82. The Kier molecular flexibility index (Phi) is 7.22. The number of nitrogens with zero attached hydrogens (tertiary/aromatic N) is 1. The van der Waals surface area contributed by atoms with Crippen LogP contribution in [-0.2, 0) is 9.59 Å². The Bertz CT molecular complexity index is 396. The number of amides is 1. The third kappa shape index (κ3) is 7.78. The zero-order valence-electron chi connectivity index (χ0n) is 11.1. The van der Waals surface area contributed by atoms with Gasteiger partial charge in [0.2, 0.25) is 0 Å². The maximum atomic E-state index is 11.6. The van der Waals surface area contributed by atoms with Gasteiger partial charge >= 0.3 is 5.97 Å². The molecule has 0 aliphatic carbocycles. The number of hydrogen-bond donors (Lipinski definition) is 4. The molecule has 0 aromatic heterocycles. The highest BCUT2D eigenvalue weighted by Gasteiger charge is 2.15. The van der Waals surface area contributed by atoms with Crippen LogP contribution in [0.25, 0.3) is 0 Å². The van der Waals surface area contributed by atoms with Crippen LogP contribution in [0.15, 0.2) is 11.8 Å². The second kappa shape index (κ2) is 8.11. The van der Waals surface area contributed by atoms with Gasteiger partial charge in [-0.2, -0.15) is 5.26 Å². The van der Waals surface area contributed by atoms with Crippen LogP contribution < -0.4 is 10.6 Å². The van der Waals surface area contributed by atoms with Gasteiger partial charge in [0.1, 0.15) is 11.6 Å². The molecule has 19 heavy (non-hydrogen) atoms. The number of rotatable bonds is 8. The predicted molar refractivity (Wildman–Crippen MR) is 67.9 cm³/mol. The van der Waals surface area contributed by atoms with Crippen LogP contribution in [-0.4, -0.2) is 40.8 Å². The smallest absolute Gasteiger partial charge is 0.303 e. The SMILES string of the molecule is CC(C)(CO)N/C=C(/C#N)C(=O)NCCCC(=O)O. The van der Waals surface area contributed by atoms with Crippen molar-refractivity contribution in [1.82, 2.24) is 10.6 Å². The summed E-state index contributed by atoms with van der Waals surface area (Å²) in [5, 5.41) is 31.5. The second-order valence-electron chi connectivity index (χ2n) is 4.61. The number of carboxylic acids is 1. The zero-order chi connectivity index (χ0) is 14.9. The van der Waals surface area contributed by atoms with Crippen LogP contribution in [0.4, 0.5) is 0 Å². The fraction of sp³-hybridized carbons (Fsp3) is 0.583. The van der Waals surface area contributed by atoms with Crippen LogP contribution in [0.5, 0.6) is 0 Å². The van der Waals surface area contributed by atoms with Gasteiger partial charge < -0.3 is 20.8 Å². The van der Waals surface area contributed by atoms with E-state index in [1.165, 1.54) is 6.20 Å². The number of aliphatic carboxylic acids is 1. The summed E-state index contributed by atoms with van der Waals surface area (Å²) in [4.78, 5) is 21.8. The van der Waals surface area contributed by atoms with E-state index in [4.69, 9.17) is 15.5 Å². The molecule has 0 rings (SSSR count). The molecular weight excluding hydrogens is 250 g/mol. The molecule has 4 N–H and O–H groups in total. The van der Waals surface area contributed by atoms with Crippen molar-refractivity contribution < 1.29 is 19.8 Å². The Morgan fingerprint density at radius 2 is 2.05 bits per heavy atom. The van der Waals surface area contributed by atoms with Crippen molar-refractivity contribution in [2.45, 2.75) is 32.2 Å².